The normalized spacial score (nSPS) is 12.5. The average molecular weight is 220 g/mol. The molecule has 2 nitrogen and oxygen atoms in total. The molecule has 0 aliphatic heterocycles. The predicted octanol–water partition coefficient (Wildman–Crippen LogP) is 1.60. The van der Waals surface area contributed by atoms with Crippen molar-refractivity contribution in [2.75, 3.05) is 0 Å². The summed E-state index contributed by atoms with van der Waals surface area (Å²) >= 11 is 5.54. The molecule has 0 aromatic heterocycles. The highest BCUT2D eigenvalue weighted by atomic mass is 35.5. The Morgan fingerprint density at radius 1 is 1.36 bits per heavy atom. The molecule has 1 aromatic carbocycles. The van der Waals surface area contributed by atoms with Crippen molar-refractivity contribution in [2.24, 2.45) is 5.73 Å². The summed E-state index contributed by atoms with van der Waals surface area (Å²) in [5.41, 5.74) is 5.21. The number of benzene rings is 1. The number of halogens is 3. The molecule has 5 heteroatoms. The third kappa shape index (κ3) is 2.96. The largest absolute Gasteiger partial charge is 0.368 e. The van der Waals surface area contributed by atoms with Gasteiger partial charge in [0.15, 0.2) is 0 Å². The molecule has 0 bridgehead atoms. The molecular formula is C9H8ClF2NO. The van der Waals surface area contributed by atoms with Gasteiger partial charge in [-0.2, -0.15) is 0 Å². The zero-order valence-electron chi connectivity index (χ0n) is 7.14. The second-order valence-corrected chi connectivity index (χ2v) is 3.38. The van der Waals surface area contributed by atoms with Crippen LogP contribution in [0.5, 0.6) is 0 Å². The number of alkyl halides is 1. The van der Waals surface area contributed by atoms with Crippen molar-refractivity contribution in [3.8, 4) is 0 Å². The summed E-state index contributed by atoms with van der Waals surface area (Å²) in [6.07, 6.45) is 0.0194. The first kappa shape index (κ1) is 10.9. The highest BCUT2D eigenvalue weighted by Crippen LogP contribution is 2.12. The van der Waals surface area contributed by atoms with Gasteiger partial charge in [-0.1, -0.05) is 0 Å². The summed E-state index contributed by atoms with van der Waals surface area (Å²) in [6.45, 7) is 0. The lowest BCUT2D eigenvalue weighted by Gasteiger charge is -2.05. The Morgan fingerprint density at radius 2 is 1.86 bits per heavy atom. The Balaban J connectivity index is 2.81. The van der Waals surface area contributed by atoms with Gasteiger partial charge in [-0.15, -0.1) is 11.6 Å². The van der Waals surface area contributed by atoms with Crippen LogP contribution in [0, 0.1) is 11.6 Å². The molecule has 76 valence electrons. The predicted molar refractivity (Wildman–Crippen MR) is 48.9 cm³/mol. The van der Waals surface area contributed by atoms with Crippen LogP contribution in [0.25, 0.3) is 0 Å². The zero-order valence-corrected chi connectivity index (χ0v) is 7.89. The van der Waals surface area contributed by atoms with Crippen LogP contribution in [0.4, 0.5) is 8.78 Å². The Kier molecular flexibility index (Phi) is 3.41. The summed E-state index contributed by atoms with van der Waals surface area (Å²) in [5.74, 6) is -2.11. The SMILES string of the molecule is NC(=O)C(Cl)Cc1cc(F)cc(F)c1. The molecule has 0 aliphatic carbocycles. The van der Waals surface area contributed by atoms with E-state index in [1.54, 1.807) is 0 Å². The van der Waals surface area contributed by atoms with E-state index in [9.17, 15) is 13.6 Å². The number of amides is 1. The van der Waals surface area contributed by atoms with E-state index in [1.807, 2.05) is 0 Å². The number of carbonyl (C=O) groups is 1. The van der Waals surface area contributed by atoms with Gasteiger partial charge in [-0.3, -0.25) is 4.79 Å². The first-order chi connectivity index (χ1) is 6.49. The van der Waals surface area contributed by atoms with Gasteiger partial charge in [-0.25, -0.2) is 8.78 Å². The molecule has 2 N–H and O–H groups in total. The topological polar surface area (TPSA) is 43.1 Å². The lowest BCUT2D eigenvalue weighted by atomic mass is 10.1. The van der Waals surface area contributed by atoms with Gasteiger partial charge in [0, 0.05) is 6.07 Å². The number of hydrogen-bond donors (Lipinski definition) is 1. The average Bonchev–Trinajstić information content (AvgIpc) is 2.01. The standard InChI is InChI=1S/C9H8ClF2NO/c10-8(9(13)14)3-5-1-6(11)4-7(12)2-5/h1-2,4,8H,3H2,(H2,13,14). The molecule has 1 rings (SSSR count). The Morgan fingerprint density at radius 3 is 2.29 bits per heavy atom. The molecule has 0 spiro atoms. The van der Waals surface area contributed by atoms with Crippen molar-refractivity contribution in [1.29, 1.82) is 0 Å². The van der Waals surface area contributed by atoms with Gasteiger partial charge >= 0.3 is 0 Å². The van der Waals surface area contributed by atoms with Crippen molar-refractivity contribution < 1.29 is 13.6 Å². The minimum Gasteiger partial charge on any atom is -0.368 e. The monoisotopic (exact) mass is 219 g/mol. The highest BCUT2D eigenvalue weighted by Gasteiger charge is 2.13. The fourth-order valence-electron chi connectivity index (χ4n) is 1.04. The third-order valence-corrected chi connectivity index (χ3v) is 2.02. The minimum atomic E-state index is -0.948. The van der Waals surface area contributed by atoms with Gasteiger partial charge < -0.3 is 5.73 Å². The van der Waals surface area contributed by atoms with Gasteiger partial charge in [0.05, 0.1) is 0 Å². The van der Waals surface area contributed by atoms with Gasteiger partial charge in [-0.05, 0) is 24.1 Å². The minimum absolute atomic E-state index is 0.0194. The molecular weight excluding hydrogens is 212 g/mol. The first-order valence-electron chi connectivity index (χ1n) is 3.87. The van der Waals surface area contributed by atoms with E-state index in [0.717, 1.165) is 18.2 Å². The first-order valence-corrected chi connectivity index (χ1v) is 4.31. The Labute approximate surface area is 84.7 Å². The second-order valence-electron chi connectivity index (χ2n) is 2.85. The summed E-state index contributed by atoms with van der Waals surface area (Å²) in [4.78, 5) is 10.6. The van der Waals surface area contributed by atoms with E-state index in [0.29, 0.717) is 5.56 Å². The molecule has 1 aromatic rings. The van der Waals surface area contributed by atoms with Crippen LogP contribution in [0.1, 0.15) is 5.56 Å². The molecule has 1 unspecified atom stereocenters. The van der Waals surface area contributed by atoms with E-state index in [-0.39, 0.29) is 6.42 Å². The van der Waals surface area contributed by atoms with Crippen LogP contribution in [-0.4, -0.2) is 11.3 Å². The number of rotatable bonds is 3. The molecule has 0 heterocycles. The smallest absolute Gasteiger partial charge is 0.235 e. The molecule has 1 amide bonds. The van der Waals surface area contributed by atoms with E-state index in [1.165, 1.54) is 0 Å². The molecule has 0 saturated heterocycles. The maximum atomic E-state index is 12.7. The summed E-state index contributed by atoms with van der Waals surface area (Å²) in [7, 11) is 0. The van der Waals surface area contributed by atoms with Crippen LogP contribution in [0.15, 0.2) is 18.2 Å². The molecule has 1 atom stereocenters. The van der Waals surface area contributed by atoms with Crippen LogP contribution >= 0.6 is 11.6 Å². The maximum Gasteiger partial charge on any atom is 0.235 e. The van der Waals surface area contributed by atoms with Crippen molar-refractivity contribution in [1.82, 2.24) is 0 Å². The number of nitrogens with two attached hydrogens (primary N) is 1. The third-order valence-electron chi connectivity index (χ3n) is 1.65. The van der Waals surface area contributed by atoms with Gasteiger partial charge in [0.1, 0.15) is 17.0 Å². The van der Waals surface area contributed by atoms with E-state index in [4.69, 9.17) is 17.3 Å². The molecule has 14 heavy (non-hydrogen) atoms. The molecule has 0 aliphatic rings. The van der Waals surface area contributed by atoms with Crippen molar-refractivity contribution in [3.63, 3.8) is 0 Å². The lowest BCUT2D eigenvalue weighted by molar-refractivity contribution is -0.117. The molecule has 0 saturated carbocycles. The van der Waals surface area contributed by atoms with Crippen molar-refractivity contribution in [2.45, 2.75) is 11.8 Å². The van der Waals surface area contributed by atoms with E-state index in [2.05, 4.69) is 0 Å². The fraction of sp³-hybridized carbons (Fsp3) is 0.222. The van der Waals surface area contributed by atoms with Crippen LogP contribution in [0.2, 0.25) is 0 Å². The number of hydrogen-bond acceptors (Lipinski definition) is 1. The highest BCUT2D eigenvalue weighted by molar-refractivity contribution is 6.30. The van der Waals surface area contributed by atoms with Gasteiger partial charge in [0.25, 0.3) is 0 Å². The number of primary amides is 1. The molecule has 0 fully saturated rings. The fourth-order valence-corrected chi connectivity index (χ4v) is 1.21. The lowest BCUT2D eigenvalue weighted by Crippen LogP contribution is -2.25. The number of carbonyl (C=O) groups excluding carboxylic acids is 1. The van der Waals surface area contributed by atoms with Crippen molar-refractivity contribution >= 4 is 17.5 Å². The maximum absolute atomic E-state index is 12.7. The second kappa shape index (κ2) is 4.37. The molecule has 0 radical (unpaired) electrons. The summed E-state index contributed by atoms with van der Waals surface area (Å²) in [5, 5.41) is -0.948. The Hall–Kier alpha value is -1.16. The van der Waals surface area contributed by atoms with E-state index >= 15 is 0 Å². The van der Waals surface area contributed by atoms with Crippen molar-refractivity contribution in [3.05, 3.63) is 35.4 Å². The van der Waals surface area contributed by atoms with Gasteiger partial charge in [0.2, 0.25) is 5.91 Å². The van der Waals surface area contributed by atoms with E-state index < -0.39 is 22.9 Å². The van der Waals surface area contributed by atoms with Crippen LogP contribution < -0.4 is 5.73 Å². The van der Waals surface area contributed by atoms with Crippen LogP contribution in [-0.2, 0) is 11.2 Å². The zero-order chi connectivity index (χ0) is 10.7. The Bertz CT molecular complexity index is 336. The summed E-state index contributed by atoms with van der Waals surface area (Å²) < 4.78 is 25.4. The summed E-state index contributed by atoms with van der Waals surface area (Å²) in [6, 6.07) is 2.97. The van der Waals surface area contributed by atoms with Crippen LogP contribution in [0.3, 0.4) is 0 Å². The quantitative estimate of drug-likeness (QED) is 0.771.